The summed E-state index contributed by atoms with van der Waals surface area (Å²) in [5, 5.41) is 15.0. The van der Waals surface area contributed by atoms with Gasteiger partial charge in [-0.3, -0.25) is 5.01 Å². The quantitative estimate of drug-likeness (QED) is 0.794. The van der Waals surface area contributed by atoms with Gasteiger partial charge < -0.3 is 9.84 Å². The van der Waals surface area contributed by atoms with Crippen molar-refractivity contribution in [3.05, 3.63) is 35.4 Å². The Labute approximate surface area is 99.3 Å². The number of carboxylic acid groups (broad SMARTS) is 1. The third-order valence-corrected chi connectivity index (χ3v) is 2.52. The van der Waals surface area contributed by atoms with Gasteiger partial charge in [-0.25, -0.2) is 4.79 Å². The van der Waals surface area contributed by atoms with Crippen molar-refractivity contribution in [2.24, 2.45) is 5.10 Å². The van der Waals surface area contributed by atoms with Gasteiger partial charge in [0.15, 0.2) is 0 Å². The van der Waals surface area contributed by atoms with E-state index in [1.165, 1.54) is 0 Å². The predicted octanol–water partition coefficient (Wildman–Crippen LogP) is 1.05. The molecule has 1 N–H and O–H groups in total. The Morgan fingerprint density at radius 3 is 2.53 bits per heavy atom. The lowest BCUT2D eigenvalue weighted by Crippen LogP contribution is -2.32. The molecule has 0 bridgehead atoms. The molecule has 0 atom stereocenters. The minimum Gasteiger partial charge on any atom is -0.478 e. The van der Waals surface area contributed by atoms with Crippen LogP contribution in [0.25, 0.3) is 0 Å². The molecule has 90 valence electrons. The molecule has 2 rings (SSSR count). The monoisotopic (exact) mass is 234 g/mol. The molecule has 1 aliphatic rings. The molecule has 0 spiro atoms. The number of rotatable bonds is 3. The molecule has 0 saturated carbocycles. The molecule has 0 amide bonds. The van der Waals surface area contributed by atoms with Crippen molar-refractivity contribution < 1.29 is 14.6 Å². The van der Waals surface area contributed by atoms with Crippen LogP contribution in [0.5, 0.6) is 0 Å². The van der Waals surface area contributed by atoms with Gasteiger partial charge in [0.2, 0.25) is 0 Å². The van der Waals surface area contributed by atoms with Crippen LogP contribution in [0, 0.1) is 0 Å². The van der Waals surface area contributed by atoms with E-state index in [-0.39, 0.29) is 5.56 Å². The van der Waals surface area contributed by atoms with Crippen molar-refractivity contribution in [3.8, 4) is 0 Å². The van der Waals surface area contributed by atoms with Gasteiger partial charge in [-0.15, -0.1) is 0 Å². The maximum atomic E-state index is 10.7. The highest BCUT2D eigenvalue weighted by atomic mass is 16.5. The van der Waals surface area contributed by atoms with Crippen LogP contribution >= 0.6 is 0 Å². The summed E-state index contributed by atoms with van der Waals surface area (Å²) in [4.78, 5) is 10.7. The van der Waals surface area contributed by atoms with Gasteiger partial charge in [-0.2, -0.15) is 5.10 Å². The van der Waals surface area contributed by atoms with Crippen LogP contribution in [0.2, 0.25) is 0 Å². The molecule has 1 fully saturated rings. The van der Waals surface area contributed by atoms with Crippen LogP contribution < -0.4 is 0 Å². The lowest BCUT2D eigenvalue weighted by atomic mass is 10.1. The number of hydrogen-bond acceptors (Lipinski definition) is 4. The normalized spacial score (nSPS) is 16.4. The molecule has 1 aromatic carbocycles. The van der Waals surface area contributed by atoms with E-state index < -0.39 is 5.97 Å². The third-order valence-electron chi connectivity index (χ3n) is 2.52. The molecule has 1 saturated heterocycles. The van der Waals surface area contributed by atoms with Gasteiger partial charge in [0.25, 0.3) is 0 Å². The number of ether oxygens (including phenoxy) is 1. The van der Waals surface area contributed by atoms with Crippen molar-refractivity contribution in [1.82, 2.24) is 5.01 Å². The Bertz CT molecular complexity index is 408. The van der Waals surface area contributed by atoms with Crippen LogP contribution in [0.4, 0.5) is 0 Å². The summed E-state index contributed by atoms with van der Waals surface area (Å²) in [7, 11) is 0. The number of morpholine rings is 1. The van der Waals surface area contributed by atoms with Crippen molar-refractivity contribution in [1.29, 1.82) is 0 Å². The van der Waals surface area contributed by atoms with Gasteiger partial charge in [-0.05, 0) is 17.7 Å². The smallest absolute Gasteiger partial charge is 0.335 e. The Morgan fingerprint density at radius 1 is 1.29 bits per heavy atom. The van der Waals surface area contributed by atoms with Gasteiger partial charge in [-0.1, -0.05) is 12.1 Å². The number of benzene rings is 1. The SMILES string of the molecule is O=C(O)c1ccc(/C=N\N2CCOCC2)cc1. The van der Waals surface area contributed by atoms with Crippen LogP contribution in [-0.2, 0) is 4.74 Å². The van der Waals surface area contributed by atoms with Crippen LogP contribution in [0.1, 0.15) is 15.9 Å². The Hall–Kier alpha value is -1.88. The molecule has 0 radical (unpaired) electrons. The van der Waals surface area contributed by atoms with Crippen molar-refractivity contribution >= 4 is 12.2 Å². The third kappa shape index (κ3) is 3.29. The average molecular weight is 234 g/mol. The summed E-state index contributed by atoms with van der Waals surface area (Å²) in [6.07, 6.45) is 1.73. The van der Waals surface area contributed by atoms with E-state index in [2.05, 4.69) is 5.10 Å². The molecule has 5 heteroatoms. The maximum Gasteiger partial charge on any atom is 0.335 e. The van der Waals surface area contributed by atoms with Crippen LogP contribution in [0.3, 0.4) is 0 Å². The zero-order valence-electron chi connectivity index (χ0n) is 9.37. The zero-order valence-corrected chi connectivity index (χ0v) is 9.37. The molecule has 1 heterocycles. The highest BCUT2D eigenvalue weighted by Crippen LogP contribution is 2.03. The predicted molar refractivity (Wildman–Crippen MR) is 63.4 cm³/mol. The van der Waals surface area contributed by atoms with Crippen LogP contribution in [0.15, 0.2) is 29.4 Å². The maximum absolute atomic E-state index is 10.7. The molecule has 17 heavy (non-hydrogen) atoms. The van der Waals surface area contributed by atoms with E-state index in [1.807, 2.05) is 5.01 Å². The van der Waals surface area contributed by atoms with E-state index in [4.69, 9.17) is 9.84 Å². The molecule has 1 aromatic rings. The fraction of sp³-hybridized carbons (Fsp3) is 0.333. The summed E-state index contributed by atoms with van der Waals surface area (Å²) in [6, 6.07) is 6.63. The van der Waals surface area contributed by atoms with E-state index in [0.717, 1.165) is 18.7 Å². The molecule has 0 aliphatic carbocycles. The topological polar surface area (TPSA) is 62.1 Å². The largest absolute Gasteiger partial charge is 0.478 e. The number of hydrazone groups is 1. The van der Waals surface area contributed by atoms with E-state index in [0.29, 0.717) is 13.2 Å². The minimum absolute atomic E-state index is 0.286. The molecule has 1 aliphatic heterocycles. The molecule has 5 nitrogen and oxygen atoms in total. The van der Waals surface area contributed by atoms with Crippen molar-refractivity contribution in [2.45, 2.75) is 0 Å². The van der Waals surface area contributed by atoms with Gasteiger partial charge in [0.05, 0.1) is 38.1 Å². The second-order valence-corrected chi connectivity index (χ2v) is 3.74. The second kappa shape index (κ2) is 5.45. The van der Waals surface area contributed by atoms with Gasteiger partial charge >= 0.3 is 5.97 Å². The number of carboxylic acids is 1. The number of hydrogen-bond donors (Lipinski definition) is 1. The first kappa shape index (κ1) is 11.6. The van der Waals surface area contributed by atoms with Gasteiger partial charge in [0, 0.05) is 0 Å². The van der Waals surface area contributed by atoms with Crippen molar-refractivity contribution in [2.75, 3.05) is 26.3 Å². The zero-order chi connectivity index (χ0) is 12.1. The fourth-order valence-corrected chi connectivity index (χ4v) is 1.53. The standard InChI is InChI=1S/C12H14N2O3/c15-12(16)11-3-1-10(2-4-11)9-13-14-5-7-17-8-6-14/h1-4,9H,5-8H2,(H,15,16)/b13-9-. The lowest BCUT2D eigenvalue weighted by molar-refractivity contribution is 0.0397. The van der Waals surface area contributed by atoms with E-state index in [9.17, 15) is 4.79 Å². The lowest BCUT2D eigenvalue weighted by Gasteiger charge is -2.23. The minimum atomic E-state index is -0.915. The molecular formula is C12H14N2O3. The highest BCUT2D eigenvalue weighted by Gasteiger charge is 2.06. The first-order chi connectivity index (χ1) is 8.25. The molecule has 0 aromatic heterocycles. The second-order valence-electron chi connectivity index (χ2n) is 3.74. The number of aromatic carboxylic acids is 1. The summed E-state index contributed by atoms with van der Waals surface area (Å²) >= 11 is 0. The summed E-state index contributed by atoms with van der Waals surface area (Å²) < 4.78 is 5.21. The van der Waals surface area contributed by atoms with E-state index in [1.54, 1.807) is 30.5 Å². The first-order valence-corrected chi connectivity index (χ1v) is 5.46. The molecule has 0 unspecified atom stereocenters. The Kier molecular flexibility index (Phi) is 3.72. The summed E-state index contributed by atoms with van der Waals surface area (Å²) in [5.41, 5.74) is 1.18. The first-order valence-electron chi connectivity index (χ1n) is 5.46. The average Bonchev–Trinajstić information content (AvgIpc) is 2.38. The van der Waals surface area contributed by atoms with Gasteiger partial charge in [0.1, 0.15) is 0 Å². The number of carbonyl (C=O) groups is 1. The van der Waals surface area contributed by atoms with E-state index >= 15 is 0 Å². The Balaban J connectivity index is 1.98. The molecular weight excluding hydrogens is 220 g/mol. The fourth-order valence-electron chi connectivity index (χ4n) is 1.53. The Morgan fingerprint density at radius 2 is 1.94 bits per heavy atom. The highest BCUT2D eigenvalue weighted by molar-refractivity contribution is 5.89. The van der Waals surface area contributed by atoms with Crippen LogP contribution in [-0.4, -0.2) is 48.6 Å². The number of nitrogens with zero attached hydrogens (tertiary/aromatic N) is 2. The summed E-state index contributed by atoms with van der Waals surface area (Å²) in [6.45, 7) is 3.00. The van der Waals surface area contributed by atoms with Crippen molar-refractivity contribution in [3.63, 3.8) is 0 Å². The summed E-state index contributed by atoms with van der Waals surface area (Å²) in [5.74, 6) is -0.915.